The van der Waals surface area contributed by atoms with Gasteiger partial charge in [-0.15, -0.1) is 0 Å². The van der Waals surface area contributed by atoms with E-state index in [-0.39, 0.29) is 12.1 Å². The first-order chi connectivity index (χ1) is 15.6. The summed E-state index contributed by atoms with van der Waals surface area (Å²) < 4.78 is 11.6. The van der Waals surface area contributed by atoms with Crippen LogP contribution >= 0.6 is 0 Å². The van der Waals surface area contributed by atoms with Crippen LogP contribution in [0.5, 0.6) is 11.5 Å². The Balaban J connectivity index is 1.28. The molecule has 2 heterocycles. The van der Waals surface area contributed by atoms with Crippen LogP contribution in [0.15, 0.2) is 48.5 Å². The third kappa shape index (κ3) is 5.72. The highest BCUT2D eigenvalue weighted by Crippen LogP contribution is 2.30. The van der Waals surface area contributed by atoms with Gasteiger partial charge in [-0.3, -0.25) is 0 Å². The zero-order valence-corrected chi connectivity index (χ0v) is 19.1. The van der Waals surface area contributed by atoms with Crippen molar-refractivity contribution in [3.05, 3.63) is 59.7 Å². The lowest BCUT2D eigenvalue weighted by Crippen LogP contribution is -2.44. The van der Waals surface area contributed by atoms with Gasteiger partial charge in [-0.25, -0.2) is 4.79 Å². The number of carbonyl (C=O) groups excluding carboxylic acids is 1. The smallest absolute Gasteiger partial charge is 0.318 e. The number of amides is 2. The Morgan fingerprint density at radius 2 is 1.81 bits per heavy atom. The molecular weight excluding hydrogens is 404 g/mol. The topological polar surface area (TPSA) is 57.3 Å². The quantitative estimate of drug-likeness (QED) is 0.610. The van der Waals surface area contributed by atoms with Crippen LogP contribution in [0.1, 0.15) is 23.6 Å². The Hall–Kier alpha value is -2.77. The molecule has 0 unspecified atom stereocenters. The van der Waals surface area contributed by atoms with Crippen LogP contribution < -0.4 is 14.8 Å². The van der Waals surface area contributed by atoms with Gasteiger partial charge >= 0.3 is 6.03 Å². The first-order valence-corrected chi connectivity index (χ1v) is 11.4. The summed E-state index contributed by atoms with van der Waals surface area (Å²) >= 11 is 0. The number of likely N-dealkylation sites (N-methyl/N-ethyl adjacent to an activating group) is 1. The van der Waals surface area contributed by atoms with Crippen LogP contribution in [-0.4, -0.2) is 80.8 Å². The van der Waals surface area contributed by atoms with Gasteiger partial charge in [0.1, 0.15) is 0 Å². The Kier molecular flexibility index (Phi) is 7.50. The molecule has 0 aliphatic carbocycles. The van der Waals surface area contributed by atoms with Crippen molar-refractivity contribution in [3.63, 3.8) is 0 Å². The molecule has 0 spiro atoms. The van der Waals surface area contributed by atoms with Gasteiger partial charge < -0.3 is 29.5 Å². The minimum absolute atomic E-state index is 0.0218. The van der Waals surface area contributed by atoms with Gasteiger partial charge in [-0.05, 0) is 36.7 Å². The van der Waals surface area contributed by atoms with Crippen LogP contribution in [0, 0.1) is 0 Å². The van der Waals surface area contributed by atoms with Crippen LogP contribution in [0.2, 0.25) is 0 Å². The minimum atomic E-state index is -0.0398. The van der Waals surface area contributed by atoms with E-state index in [1.165, 1.54) is 0 Å². The van der Waals surface area contributed by atoms with Gasteiger partial charge in [0.2, 0.25) is 0 Å². The predicted octanol–water partition coefficient (Wildman–Crippen LogP) is 2.98. The number of hydrogen-bond acceptors (Lipinski definition) is 5. The molecule has 32 heavy (non-hydrogen) atoms. The van der Waals surface area contributed by atoms with Crippen molar-refractivity contribution in [2.75, 3.05) is 60.0 Å². The summed E-state index contributed by atoms with van der Waals surface area (Å²) in [6.45, 7) is 7.43. The molecule has 2 aliphatic rings. The third-order valence-electron chi connectivity index (χ3n) is 6.26. The molecular formula is C25H34N4O3. The number of urea groups is 1. The monoisotopic (exact) mass is 438 g/mol. The van der Waals surface area contributed by atoms with E-state index in [0.717, 1.165) is 56.0 Å². The Labute approximate surface area is 190 Å². The number of ether oxygens (including phenoxy) is 2. The minimum Gasteiger partial charge on any atom is -0.493 e. The SMILES string of the molecule is COc1cc(CN2C[C@H](c3ccccc3)NC2=O)ccc1OCCCN1CCN(C)CC1. The number of hydrogen-bond donors (Lipinski definition) is 1. The van der Waals surface area contributed by atoms with E-state index < -0.39 is 0 Å². The fraction of sp³-hybridized carbons (Fsp3) is 0.480. The summed E-state index contributed by atoms with van der Waals surface area (Å²) in [6, 6.07) is 16.0. The molecule has 4 rings (SSSR count). The van der Waals surface area contributed by atoms with Gasteiger partial charge in [-0.2, -0.15) is 0 Å². The van der Waals surface area contributed by atoms with Crippen molar-refractivity contribution >= 4 is 6.03 Å². The zero-order valence-electron chi connectivity index (χ0n) is 19.1. The number of nitrogens with one attached hydrogen (secondary N) is 1. The second kappa shape index (κ2) is 10.7. The van der Waals surface area contributed by atoms with Gasteiger partial charge in [0, 0.05) is 45.8 Å². The molecule has 2 aromatic rings. The largest absolute Gasteiger partial charge is 0.493 e. The highest BCUT2D eigenvalue weighted by Gasteiger charge is 2.29. The lowest BCUT2D eigenvalue weighted by Gasteiger charge is -2.32. The summed E-state index contributed by atoms with van der Waals surface area (Å²) in [4.78, 5) is 19.2. The van der Waals surface area contributed by atoms with Gasteiger partial charge in [0.05, 0.1) is 19.8 Å². The molecule has 1 atom stereocenters. The lowest BCUT2D eigenvalue weighted by molar-refractivity contribution is 0.145. The van der Waals surface area contributed by atoms with Crippen molar-refractivity contribution in [1.29, 1.82) is 0 Å². The van der Waals surface area contributed by atoms with E-state index in [0.29, 0.717) is 25.4 Å². The maximum absolute atomic E-state index is 12.5. The first kappa shape index (κ1) is 22.4. The predicted molar refractivity (Wildman–Crippen MR) is 125 cm³/mol. The first-order valence-electron chi connectivity index (χ1n) is 11.4. The van der Waals surface area contributed by atoms with Crippen LogP contribution in [-0.2, 0) is 6.54 Å². The highest BCUT2D eigenvalue weighted by atomic mass is 16.5. The fourth-order valence-corrected chi connectivity index (χ4v) is 4.29. The van der Waals surface area contributed by atoms with Crippen molar-refractivity contribution in [2.45, 2.75) is 19.0 Å². The molecule has 1 N–H and O–H groups in total. The Morgan fingerprint density at radius 1 is 1.03 bits per heavy atom. The van der Waals surface area contributed by atoms with Gasteiger partial charge in [0.15, 0.2) is 11.5 Å². The summed E-state index contributed by atoms with van der Waals surface area (Å²) in [5.74, 6) is 1.46. The second-order valence-electron chi connectivity index (χ2n) is 8.63. The summed E-state index contributed by atoms with van der Waals surface area (Å²) in [5, 5.41) is 3.07. The number of carbonyl (C=O) groups is 1. The Bertz CT molecular complexity index is 884. The fourth-order valence-electron chi connectivity index (χ4n) is 4.29. The van der Waals surface area contributed by atoms with Crippen LogP contribution in [0.4, 0.5) is 4.79 Å². The summed E-state index contributed by atoms with van der Waals surface area (Å²) in [6.07, 6.45) is 0.990. The van der Waals surface area contributed by atoms with Crippen molar-refractivity contribution in [1.82, 2.24) is 20.0 Å². The molecule has 2 aliphatic heterocycles. The average Bonchev–Trinajstić information content (AvgIpc) is 3.19. The molecule has 0 aromatic heterocycles. The second-order valence-corrected chi connectivity index (χ2v) is 8.63. The van der Waals surface area contributed by atoms with E-state index in [4.69, 9.17) is 9.47 Å². The molecule has 2 amide bonds. The standard InChI is InChI=1S/C25H34N4O3/c1-27-12-14-28(15-13-27)11-6-16-32-23-10-9-20(17-24(23)31-2)18-29-19-22(26-25(29)30)21-7-4-3-5-8-21/h3-5,7-10,17,22H,6,11-16,18-19H2,1-2H3,(H,26,30)/t22-/m1/s1. The molecule has 0 radical (unpaired) electrons. The van der Waals surface area contributed by atoms with E-state index in [1.54, 1.807) is 7.11 Å². The summed E-state index contributed by atoms with van der Waals surface area (Å²) in [7, 11) is 3.83. The van der Waals surface area contributed by atoms with Crippen molar-refractivity contribution in [2.24, 2.45) is 0 Å². The van der Waals surface area contributed by atoms with E-state index >= 15 is 0 Å². The van der Waals surface area contributed by atoms with Gasteiger partial charge in [0.25, 0.3) is 0 Å². The normalized spacial score (nSPS) is 19.8. The lowest BCUT2D eigenvalue weighted by atomic mass is 10.1. The van der Waals surface area contributed by atoms with E-state index in [2.05, 4.69) is 22.2 Å². The third-order valence-corrected chi connectivity index (χ3v) is 6.26. The summed E-state index contributed by atoms with van der Waals surface area (Å²) in [5.41, 5.74) is 2.15. The van der Waals surface area contributed by atoms with Crippen molar-refractivity contribution < 1.29 is 14.3 Å². The number of piperazine rings is 1. The van der Waals surface area contributed by atoms with Gasteiger partial charge in [-0.1, -0.05) is 36.4 Å². The zero-order chi connectivity index (χ0) is 22.3. The number of rotatable bonds is 9. The van der Waals surface area contributed by atoms with Crippen molar-refractivity contribution in [3.8, 4) is 11.5 Å². The molecule has 172 valence electrons. The molecule has 2 fully saturated rings. The van der Waals surface area contributed by atoms with Crippen LogP contribution in [0.3, 0.4) is 0 Å². The number of benzene rings is 2. The molecule has 2 aromatic carbocycles. The van der Waals surface area contributed by atoms with Crippen LogP contribution in [0.25, 0.3) is 0 Å². The molecule has 7 nitrogen and oxygen atoms in total. The highest BCUT2D eigenvalue weighted by molar-refractivity contribution is 5.77. The number of nitrogens with zero attached hydrogens (tertiary/aromatic N) is 3. The van der Waals surface area contributed by atoms with E-state index in [9.17, 15) is 4.79 Å². The Morgan fingerprint density at radius 3 is 2.56 bits per heavy atom. The molecule has 2 saturated heterocycles. The molecule has 7 heteroatoms. The maximum atomic E-state index is 12.5. The molecule has 0 bridgehead atoms. The molecule has 0 saturated carbocycles. The average molecular weight is 439 g/mol. The maximum Gasteiger partial charge on any atom is 0.318 e. The number of methoxy groups -OCH3 is 1. The van der Waals surface area contributed by atoms with E-state index in [1.807, 2.05) is 53.4 Å².